The number of nitrogens with zero attached hydrogens (tertiary/aromatic N) is 2. The number of hydrogen-bond donors (Lipinski definition) is 0. The van der Waals surface area contributed by atoms with Crippen molar-refractivity contribution in [3.05, 3.63) is 12.4 Å². The van der Waals surface area contributed by atoms with Gasteiger partial charge in [0, 0.05) is 25.5 Å². The number of unbranched alkanes of at least 4 members (excludes halogenated alkanes) is 16. The third kappa shape index (κ3) is 13.6. The maximum Gasteiger partial charge on any atom is 0.101 e. The Labute approximate surface area is 190 Å². The molecular weight excluding hydrogens is 364 g/mol. The summed E-state index contributed by atoms with van der Waals surface area (Å²) < 4.78 is 0. The Morgan fingerprint density at radius 2 is 0.767 bits per heavy atom. The Kier molecular flexibility index (Phi) is 18.5. The van der Waals surface area contributed by atoms with Crippen LogP contribution in [0.25, 0.3) is 0 Å². The molecule has 1 atom stereocenters. The van der Waals surface area contributed by atoms with Crippen LogP contribution in [0.2, 0.25) is 0 Å². The molecule has 1 aliphatic heterocycles. The van der Waals surface area contributed by atoms with Crippen molar-refractivity contribution < 1.29 is 0 Å². The first-order chi connectivity index (χ1) is 14.8. The Balaban J connectivity index is 2.06. The normalized spacial score (nSPS) is 16.2. The third-order valence-corrected chi connectivity index (χ3v) is 6.82. The molecule has 0 amide bonds. The molecule has 2 nitrogen and oxygen atoms in total. The van der Waals surface area contributed by atoms with Crippen LogP contribution in [0, 0.1) is 0 Å². The molecule has 0 bridgehead atoms. The van der Waals surface area contributed by atoms with Crippen LogP contribution in [-0.2, 0) is 0 Å². The SMILES string of the molecule is CCCCCCCCCCCCCCCN1C=CN(CCCCC)C1CCCCC. The summed E-state index contributed by atoms with van der Waals surface area (Å²) in [6.07, 6.45) is 33.6. The van der Waals surface area contributed by atoms with E-state index in [1.165, 1.54) is 142 Å². The fourth-order valence-corrected chi connectivity index (χ4v) is 4.77. The van der Waals surface area contributed by atoms with Crippen molar-refractivity contribution in [1.82, 2.24) is 9.80 Å². The summed E-state index contributed by atoms with van der Waals surface area (Å²) in [5.41, 5.74) is 0. The van der Waals surface area contributed by atoms with Crippen LogP contribution in [0.15, 0.2) is 12.4 Å². The van der Waals surface area contributed by atoms with E-state index in [0.29, 0.717) is 6.17 Å². The van der Waals surface area contributed by atoms with E-state index in [1.54, 1.807) is 0 Å². The van der Waals surface area contributed by atoms with Crippen molar-refractivity contribution in [2.45, 2.75) is 155 Å². The highest BCUT2D eigenvalue weighted by molar-refractivity contribution is 4.96. The van der Waals surface area contributed by atoms with Gasteiger partial charge in [-0.05, 0) is 25.7 Å². The summed E-state index contributed by atoms with van der Waals surface area (Å²) in [6, 6.07) is 0. The number of rotatable bonds is 22. The van der Waals surface area contributed by atoms with E-state index in [0.717, 1.165) is 0 Å². The lowest BCUT2D eigenvalue weighted by Crippen LogP contribution is -2.39. The summed E-state index contributed by atoms with van der Waals surface area (Å²) in [4.78, 5) is 5.29. The highest BCUT2D eigenvalue weighted by Gasteiger charge is 2.24. The van der Waals surface area contributed by atoms with Crippen molar-refractivity contribution in [1.29, 1.82) is 0 Å². The van der Waals surface area contributed by atoms with Gasteiger partial charge in [-0.25, -0.2) is 0 Å². The summed E-state index contributed by atoms with van der Waals surface area (Å²) in [6.45, 7) is 9.43. The summed E-state index contributed by atoms with van der Waals surface area (Å²) in [5, 5.41) is 0. The molecule has 30 heavy (non-hydrogen) atoms. The second-order valence-electron chi connectivity index (χ2n) is 9.70. The molecule has 0 N–H and O–H groups in total. The van der Waals surface area contributed by atoms with Crippen LogP contribution >= 0.6 is 0 Å². The third-order valence-electron chi connectivity index (χ3n) is 6.82. The topological polar surface area (TPSA) is 6.48 Å². The quantitative estimate of drug-likeness (QED) is 0.161. The van der Waals surface area contributed by atoms with Gasteiger partial charge in [-0.2, -0.15) is 0 Å². The second-order valence-corrected chi connectivity index (χ2v) is 9.70. The zero-order valence-corrected chi connectivity index (χ0v) is 21.2. The fourth-order valence-electron chi connectivity index (χ4n) is 4.77. The van der Waals surface area contributed by atoms with E-state index in [2.05, 4.69) is 43.0 Å². The highest BCUT2D eigenvalue weighted by atomic mass is 15.4. The van der Waals surface area contributed by atoms with Crippen LogP contribution in [0.4, 0.5) is 0 Å². The molecule has 0 aliphatic carbocycles. The van der Waals surface area contributed by atoms with Crippen LogP contribution in [0.5, 0.6) is 0 Å². The fraction of sp³-hybridized carbons (Fsp3) is 0.929. The first kappa shape index (κ1) is 27.4. The molecular formula is C28H56N2. The van der Waals surface area contributed by atoms with Crippen LogP contribution in [0.1, 0.15) is 149 Å². The van der Waals surface area contributed by atoms with E-state index in [4.69, 9.17) is 0 Å². The van der Waals surface area contributed by atoms with Crippen LogP contribution in [-0.4, -0.2) is 29.1 Å². The van der Waals surface area contributed by atoms with E-state index >= 15 is 0 Å². The van der Waals surface area contributed by atoms with Crippen molar-refractivity contribution >= 4 is 0 Å². The minimum absolute atomic E-state index is 0.644. The van der Waals surface area contributed by atoms with Gasteiger partial charge in [-0.15, -0.1) is 0 Å². The molecule has 0 fully saturated rings. The molecule has 0 saturated heterocycles. The van der Waals surface area contributed by atoms with Gasteiger partial charge in [0.1, 0.15) is 6.17 Å². The van der Waals surface area contributed by atoms with E-state index in [-0.39, 0.29) is 0 Å². The smallest absolute Gasteiger partial charge is 0.101 e. The van der Waals surface area contributed by atoms with Crippen molar-refractivity contribution in [3.63, 3.8) is 0 Å². The molecule has 1 aliphatic rings. The lowest BCUT2D eigenvalue weighted by atomic mass is 10.0. The number of hydrogen-bond acceptors (Lipinski definition) is 2. The zero-order valence-electron chi connectivity index (χ0n) is 21.2. The predicted octanol–water partition coefficient (Wildman–Crippen LogP) is 9.26. The largest absolute Gasteiger partial charge is 0.356 e. The molecule has 0 saturated carbocycles. The average molecular weight is 421 g/mol. The maximum absolute atomic E-state index is 2.65. The molecule has 178 valence electrons. The van der Waals surface area contributed by atoms with Crippen molar-refractivity contribution in [3.8, 4) is 0 Å². The van der Waals surface area contributed by atoms with E-state index in [9.17, 15) is 0 Å². The molecule has 1 heterocycles. The Bertz CT molecular complexity index is 379. The molecule has 0 spiro atoms. The highest BCUT2D eigenvalue weighted by Crippen LogP contribution is 2.23. The summed E-state index contributed by atoms with van der Waals surface area (Å²) >= 11 is 0. The second kappa shape index (κ2) is 20.3. The van der Waals surface area contributed by atoms with Gasteiger partial charge >= 0.3 is 0 Å². The monoisotopic (exact) mass is 420 g/mol. The predicted molar refractivity (Wildman–Crippen MR) is 136 cm³/mol. The van der Waals surface area contributed by atoms with Crippen LogP contribution < -0.4 is 0 Å². The van der Waals surface area contributed by atoms with Gasteiger partial charge in [-0.1, -0.05) is 124 Å². The van der Waals surface area contributed by atoms with Gasteiger partial charge in [0.2, 0.25) is 0 Å². The molecule has 0 aromatic carbocycles. The summed E-state index contributed by atoms with van der Waals surface area (Å²) in [5.74, 6) is 0. The Morgan fingerprint density at radius 1 is 0.433 bits per heavy atom. The Morgan fingerprint density at radius 3 is 1.23 bits per heavy atom. The summed E-state index contributed by atoms with van der Waals surface area (Å²) in [7, 11) is 0. The van der Waals surface area contributed by atoms with Gasteiger partial charge in [0.15, 0.2) is 0 Å². The van der Waals surface area contributed by atoms with Gasteiger partial charge in [-0.3, -0.25) is 0 Å². The van der Waals surface area contributed by atoms with Crippen molar-refractivity contribution in [2.75, 3.05) is 13.1 Å². The molecule has 0 aromatic rings. The molecule has 1 unspecified atom stereocenters. The van der Waals surface area contributed by atoms with Gasteiger partial charge < -0.3 is 9.80 Å². The van der Waals surface area contributed by atoms with Gasteiger partial charge in [0.05, 0.1) is 0 Å². The van der Waals surface area contributed by atoms with Crippen LogP contribution in [0.3, 0.4) is 0 Å². The van der Waals surface area contributed by atoms with E-state index in [1.807, 2.05) is 0 Å². The average Bonchev–Trinajstić information content (AvgIpc) is 3.13. The zero-order chi connectivity index (χ0) is 21.7. The molecule has 1 rings (SSSR count). The maximum atomic E-state index is 2.65. The first-order valence-corrected chi connectivity index (χ1v) is 14.0. The minimum atomic E-state index is 0.644. The van der Waals surface area contributed by atoms with E-state index < -0.39 is 0 Å². The molecule has 2 heteroatoms. The standard InChI is InChI=1S/C28H56N2/c1-4-7-10-11-12-13-14-15-16-17-18-19-22-25-30-27-26-29(24-21-9-6-3)28(30)23-20-8-5-2/h26-28H,4-25H2,1-3H3. The van der Waals surface area contributed by atoms with Crippen molar-refractivity contribution in [2.24, 2.45) is 0 Å². The first-order valence-electron chi connectivity index (χ1n) is 14.0. The minimum Gasteiger partial charge on any atom is -0.356 e. The van der Waals surface area contributed by atoms with Gasteiger partial charge in [0.25, 0.3) is 0 Å². The molecule has 0 radical (unpaired) electrons. The Hall–Kier alpha value is -0.660. The molecule has 0 aromatic heterocycles. The lowest BCUT2D eigenvalue weighted by Gasteiger charge is -2.33. The lowest BCUT2D eigenvalue weighted by molar-refractivity contribution is 0.136.